The zero-order valence-electron chi connectivity index (χ0n) is 14.0. The van der Waals surface area contributed by atoms with Crippen molar-refractivity contribution in [2.75, 3.05) is 32.7 Å². The Labute approximate surface area is 146 Å². The normalized spacial score (nSPS) is 15.0. The molecule has 1 aliphatic heterocycles. The third-order valence-electron chi connectivity index (χ3n) is 4.14. The van der Waals surface area contributed by atoms with Gasteiger partial charge in [0.2, 0.25) is 5.91 Å². The largest absolute Gasteiger partial charge is 0.351 e. The smallest absolute Gasteiger partial charge is 0.274 e. The fourth-order valence-corrected chi connectivity index (χ4v) is 2.74. The lowest BCUT2D eigenvalue weighted by atomic mass is 10.2. The van der Waals surface area contributed by atoms with Crippen LogP contribution in [0.3, 0.4) is 0 Å². The van der Waals surface area contributed by atoms with Crippen LogP contribution in [0.5, 0.6) is 0 Å². The molecule has 2 heterocycles. The van der Waals surface area contributed by atoms with E-state index < -0.39 is 0 Å². The molecule has 1 aromatic carbocycles. The Morgan fingerprint density at radius 2 is 1.80 bits per heavy atom. The van der Waals surface area contributed by atoms with Gasteiger partial charge >= 0.3 is 0 Å². The minimum Gasteiger partial charge on any atom is -0.351 e. The average Bonchev–Trinajstić information content (AvgIpc) is 2.68. The standard InChI is InChI=1S/C18H21N5O2/c24-17(21-12-15-4-2-1-3-5-15)14-22-8-10-23(11-9-22)18(25)16-13-19-6-7-20-16/h1-7,13H,8-12,14H2,(H,21,24). The molecule has 0 saturated carbocycles. The molecular weight excluding hydrogens is 318 g/mol. The third-order valence-corrected chi connectivity index (χ3v) is 4.14. The van der Waals surface area contributed by atoms with Crippen LogP contribution in [0, 0.1) is 0 Å². The lowest BCUT2D eigenvalue weighted by Crippen LogP contribution is -2.51. The zero-order valence-corrected chi connectivity index (χ0v) is 14.0. The van der Waals surface area contributed by atoms with Crippen LogP contribution in [0.1, 0.15) is 16.1 Å². The van der Waals surface area contributed by atoms with Crippen LogP contribution in [-0.2, 0) is 11.3 Å². The van der Waals surface area contributed by atoms with E-state index in [0.717, 1.165) is 5.56 Å². The third kappa shape index (κ3) is 4.84. The molecule has 1 N–H and O–H groups in total. The fraction of sp³-hybridized carbons (Fsp3) is 0.333. The molecule has 0 bridgehead atoms. The minimum absolute atomic E-state index is 0.00226. The van der Waals surface area contributed by atoms with E-state index in [1.807, 2.05) is 30.3 Å². The lowest BCUT2D eigenvalue weighted by molar-refractivity contribution is -0.122. The highest BCUT2D eigenvalue weighted by Gasteiger charge is 2.23. The molecule has 1 aliphatic rings. The Balaban J connectivity index is 1.41. The van der Waals surface area contributed by atoms with Crippen LogP contribution >= 0.6 is 0 Å². The van der Waals surface area contributed by atoms with Crippen LogP contribution in [-0.4, -0.2) is 64.3 Å². The van der Waals surface area contributed by atoms with E-state index in [0.29, 0.717) is 45.0 Å². The molecular formula is C18H21N5O2. The lowest BCUT2D eigenvalue weighted by Gasteiger charge is -2.34. The van der Waals surface area contributed by atoms with Gasteiger partial charge in [0.05, 0.1) is 12.7 Å². The van der Waals surface area contributed by atoms with Gasteiger partial charge in [0.1, 0.15) is 5.69 Å². The van der Waals surface area contributed by atoms with Crippen molar-refractivity contribution in [2.24, 2.45) is 0 Å². The molecule has 1 fully saturated rings. The molecule has 0 unspecified atom stereocenters. The first kappa shape index (κ1) is 17.0. The molecule has 0 radical (unpaired) electrons. The average molecular weight is 339 g/mol. The van der Waals surface area contributed by atoms with Crippen molar-refractivity contribution in [3.05, 3.63) is 60.2 Å². The van der Waals surface area contributed by atoms with Crippen molar-refractivity contribution in [3.63, 3.8) is 0 Å². The van der Waals surface area contributed by atoms with E-state index in [1.54, 1.807) is 11.1 Å². The Hall–Kier alpha value is -2.80. The fourth-order valence-electron chi connectivity index (χ4n) is 2.74. The topological polar surface area (TPSA) is 78.4 Å². The number of nitrogens with one attached hydrogen (secondary N) is 1. The summed E-state index contributed by atoms with van der Waals surface area (Å²) in [7, 11) is 0. The second kappa shape index (κ2) is 8.34. The van der Waals surface area contributed by atoms with E-state index in [-0.39, 0.29) is 11.8 Å². The second-order valence-electron chi connectivity index (χ2n) is 5.92. The zero-order chi connectivity index (χ0) is 17.5. The van der Waals surface area contributed by atoms with Gasteiger partial charge < -0.3 is 10.2 Å². The summed E-state index contributed by atoms with van der Waals surface area (Å²) in [6.07, 6.45) is 4.54. The monoisotopic (exact) mass is 339 g/mol. The van der Waals surface area contributed by atoms with E-state index >= 15 is 0 Å². The summed E-state index contributed by atoms with van der Waals surface area (Å²) in [5.74, 6) is -0.112. The van der Waals surface area contributed by atoms with Gasteiger partial charge in [-0.15, -0.1) is 0 Å². The van der Waals surface area contributed by atoms with Crippen molar-refractivity contribution in [1.82, 2.24) is 25.1 Å². The SMILES string of the molecule is O=C(CN1CCN(C(=O)c2cnccn2)CC1)NCc1ccccc1. The first-order chi connectivity index (χ1) is 12.2. The van der Waals surface area contributed by atoms with E-state index in [9.17, 15) is 9.59 Å². The number of hydrogen-bond acceptors (Lipinski definition) is 5. The highest BCUT2D eigenvalue weighted by atomic mass is 16.2. The number of amides is 2. The van der Waals surface area contributed by atoms with Gasteiger partial charge in [-0.2, -0.15) is 0 Å². The first-order valence-electron chi connectivity index (χ1n) is 8.30. The molecule has 3 rings (SSSR count). The summed E-state index contributed by atoms with van der Waals surface area (Å²) in [6.45, 7) is 3.39. The first-order valence-corrected chi connectivity index (χ1v) is 8.30. The molecule has 7 nitrogen and oxygen atoms in total. The summed E-state index contributed by atoms with van der Waals surface area (Å²) in [6, 6.07) is 9.82. The predicted molar refractivity (Wildman–Crippen MR) is 92.7 cm³/mol. The highest BCUT2D eigenvalue weighted by molar-refractivity contribution is 5.92. The van der Waals surface area contributed by atoms with Crippen LogP contribution < -0.4 is 5.32 Å². The highest BCUT2D eigenvalue weighted by Crippen LogP contribution is 2.06. The quantitative estimate of drug-likeness (QED) is 0.861. The van der Waals surface area contributed by atoms with Gasteiger partial charge in [-0.1, -0.05) is 30.3 Å². The van der Waals surface area contributed by atoms with Gasteiger partial charge in [-0.3, -0.25) is 19.5 Å². The van der Waals surface area contributed by atoms with Crippen molar-refractivity contribution in [3.8, 4) is 0 Å². The van der Waals surface area contributed by atoms with Gasteiger partial charge in [-0.05, 0) is 5.56 Å². The molecule has 2 amide bonds. The van der Waals surface area contributed by atoms with E-state index in [2.05, 4.69) is 20.2 Å². The van der Waals surface area contributed by atoms with E-state index in [4.69, 9.17) is 0 Å². The number of piperazine rings is 1. The van der Waals surface area contributed by atoms with E-state index in [1.165, 1.54) is 12.4 Å². The number of carbonyl (C=O) groups is 2. The summed E-state index contributed by atoms with van der Waals surface area (Å²) in [5.41, 5.74) is 1.44. The van der Waals surface area contributed by atoms with Gasteiger partial charge in [0.15, 0.2) is 0 Å². The summed E-state index contributed by atoms with van der Waals surface area (Å²) in [4.78, 5) is 36.2. The number of rotatable bonds is 5. The molecule has 0 aliphatic carbocycles. The number of aromatic nitrogens is 2. The number of carbonyl (C=O) groups excluding carboxylic acids is 2. The Bertz CT molecular complexity index is 700. The minimum atomic E-state index is -0.110. The van der Waals surface area contributed by atoms with Gasteiger partial charge in [0, 0.05) is 45.1 Å². The molecule has 2 aromatic rings. The van der Waals surface area contributed by atoms with Crippen molar-refractivity contribution < 1.29 is 9.59 Å². The molecule has 1 saturated heterocycles. The van der Waals surface area contributed by atoms with Crippen LogP contribution in [0.4, 0.5) is 0 Å². The predicted octanol–water partition coefficient (Wildman–Crippen LogP) is 0.551. The van der Waals surface area contributed by atoms with Gasteiger partial charge in [-0.25, -0.2) is 4.98 Å². The molecule has 0 atom stereocenters. The molecule has 130 valence electrons. The maximum absolute atomic E-state index is 12.3. The second-order valence-corrected chi connectivity index (χ2v) is 5.92. The maximum Gasteiger partial charge on any atom is 0.274 e. The van der Waals surface area contributed by atoms with Crippen molar-refractivity contribution in [2.45, 2.75) is 6.54 Å². The summed E-state index contributed by atoms with van der Waals surface area (Å²) in [5, 5.41) is 2.93. The Kier molecular flexibility index (Phi) is 5.69. The Morgan fingerprint density at radius 1 is 1.04 bits per heavy atom. The maximum atomic E-state index is 12.3. The van der Waals surface area contributed by atoms with Gasteiger partial charge in [0.25, 0.3) is 5.91 Å². The summed E-state index contributed by atoms with van der Waals surface area (Å²) < 4.78 is 0. The van der Waals surface area contributed by atoms with Crippen LogP contribution in [0.2, 0.25) is 0 Å². The van der Waals surface area contributed by atoms with Crippen LogP contribution in [0.15, 0.2) is 48.9 Å². The molecule has 1 aromatic heterocycles. The summed E-state index contributed by atoms with van der Waals surface area (Å²) >= 11 is 0. The number of hydrogen-bond donors (Lipinski definition) is 1. The van der Waals surface area contributed by atoms with Crippen LogP contribution in [0.25, 0.3) is 0 Å². The number of nitrogens with zero attached hydrogens (tertiary/aromatic N) is 4. The molecule has 0 spiro atoms. The molecule has 7 heteroatoms. The molecule has 25 heavy (non-hydrogen) atoms. The van der Waals surface area contributed by atoms with Crippen molar-refractivity contribution in [1.29, 1.82) is 0 Å². The van der Waals surface area contributed by atoms with Crippen molar-refractivity contribution >= 4 is 11.8 Å². The Morgan fingerprint density at radius 3 is 2.48 bits per heavy atom. The number of benzene rings is 1.